The van der Waals surface area contributed by atoms with E-state index in [0.717, 1.165) is 32.7 Å². The molecule has 0 aliphatic carbocycles. The van der Waals surface area contributed by atoms with Crippen LogP contribution in [0.15, 0.2) is 182 Å². The van der Waals surface area contributed by atoms with Gasteiger partial charge < -0.3 is 19.4 Å². The second-order valence-electron chi connectivity index (χ2n) is 11.6. The first kappa shape index (κ1) is 32.1. The van der Waals surface area contributed by atoms with Gasteiger partial charge in [-0.15, -0.1) is 0 Å². The number of benzene rings is 8. The molecule has 0 spiro atoms. The van der Waals surface area contributed by atoms with Crippen molar-refractivity contribution in [1.82, 2.24) is 0 Å². The fourth-order valence-electron chi connectivity index (χ4n) is 6.70. The van der Waals surface area contributed by atoms with Crippen LogP contribution in [0.25, 0.3) is 32.3 Å². The van der Waals surface area contributed by atoms with Crippen LogP contribution in [-0.2, 0) is 0 Å². The van der Waals surface area contributed by atoms with Crippen LogP contribution in [0.1, 0.15) is 0 Å². The number of hydrogen-bond acceptors (Lipinski definition) is 4. The van der Waals surface area contributed by atoms with Crippen LogP contribution in [-0.4, -0.2) is 24.5 Å². The maximum Gasteiger partial charge on any atom is 0.707 e. The summed E-state index contributed by atoms with van der Waals surface area (Å²) < 4.78 is 11.0. The minimum atomic E-state index is -2.08. The average molecular weight is 658 g/mol. The second-order valence-corrected chi connectivity index (χ2v) is 15.0. The Kier molecular flexibility index (Phi) is 9.41. The summed E-state index contributed by atoms with van der Waals surface area (Å²) >= 11 is 0. The molecule has 238 valence electrons. The normalized spacial score (nSPS) is 11.2. The fraction of sp³-hybridized carbons (Fsp3) is 0.0233. The van der Waals surface area contributed by atoms with Gasteiger partial charge in [0, 0.05) is 5.39 Å². The van der Waals surface area contributed by atoms with Crippen molar-refractivity contribution in [3.8, 4) is 11.5 Å². The van der Waals surface area contributed by atoms with Crippen LogP contribution in [0.4, 0.5) is 0 Å². The molecule has 0 heterocycles. The largest absolute Gasteiger partial charge is 0.707 e. The summed E-state index contributed by atoms with van der Waals surface area (Å²) in [5.41, 5.74) is 0. The summed E-state index contributed by atoms with van der Waals surface area (Å²) in [6.45, 7) is 0. The molecule has 0 aliphatic rings. The second kappa shape index (κ2) is 14.4. The first-order chi connectivity index (χ1) is 24.1. The molecule has 0 aliphatic heterocycles. The van der Waals surface area contributed by atoms with Crippen LogP contribution < -0.4 is 30.6 Å². The minimum absolute atomic E-state index is 0.466. The highest BCUT2D eigenvalue weighted by molar-refractivity contribution is 8.01. The Hall–Kier alpha value is -5.45. The summed E-state index contributed by atoms with van der Waals surface area (Å²) in [6.07, 6.45) is 0. The Morgan fingerprint density at radius 1 is 0.449 bits per heavy atom. The Balaban J connectivity index is 0.000000157. The molecule has 0 saturated carbocycles. The molecule has 8 aromatic rings. The van der Waals surface area contributed by atoms with Crippen LogP contribution in [0.3, 0.4) is 0 Å². The van der Waals surface area contributed by atoms with Gasteiger partial charge >= 0.3 is 7.32 Å². The Labute approximate surface area is 287 Å². The lowest BCUT2D eigenvalue weighted by atomic mass is 9.97. The third-order valence-corrected chi connectivity index (χ3v) is 13.1. The van der Waals surface area contributed by atoms with Crippen molar-refractivity contribution in [2.75, 3.05) is 7.11 Å². The zero-order chi connectivity index (χ0) is 33.6. The highest BCUT2D eigenvalue weighted by Crippen LogP contribution is 2.56. The van der Waals surface area contributed by atoms with Gasteiger partial charge in [0.05, 0.1) is 7.11 Å². The van der Waals surface area contributed by atoms with Gasteiger partial charge in [-0.05, 0) is 93.7 Å². The monoisotopic (exact) mass is 657 g/mol. The van der Waals surface area contributed by atoms with Gasteiger partial charge in [-0.2, -0.15) is 0 Å². The molecule has 0 fully saturated rings. The van der Waals surface area contributed by atoms with Crippen molar-refractivity contribution < 1.29 is 19.4 Å². The zero-order valence-electron chi connectivity index (χ0n) is 27.1. The standard InChI is InChI=1S/C25H22OP.C18H13BO3/c1-26-24-19-11-12-20-25(24)27(21-13-5-2-6-14-21,22-15-7-3-8-16-22)23-17-9-4-10-18-23;20-19(21)22-17-7-3-6-12-8-9-15-10-13-4-1-2-5-14(13)11-16(15)18(12)17/h2-20H,1H3;1-11,20-21H/q+1;. The molecule has 0 amide bonds. The summed E-state index contributed by atoms with van der Waals surface area (Å²) in [5.74, 6) is 1.40. The molecule has 8 rings (SSSR count). The smallest absolute Gasteiger partial charge is 0.511 e. The van der Waals surface area contributed by atoms with E-state index in [0.29, 0.717) is 5.75 Å². The Bertz CT molecular complexity index is 2230. The van der Waals surface area contributed by atoms with E-state index >= 15 is 0 Å². The topological polar surface area (TPSA) is 58.9 Å². The molecule has 0 aromatic heterocycles. The molecule has 2 N–H and O–H groups in total. The van der Waals surface area contributed by atoms with Crippen molar-refractivity contribution >= 4 is 68.1 Å². The third-order valence-electron chi connectivity index (χ3n) is 8.80. The van der Waals surface area contributed by atoms with Crippen LogP contribution in [0.5, 0.6) is 11.5 Å². The van der Waals surface area contributed by atoms with Crippen molar-refractivity contribution in [2.45, 2.75) is 0 Å². The maximum atomic E-state index is 9.14. The minimum Gasteiger partial charge on any atom is -0.511 e. The molecule has 0 bridgehead atoms. The first-order valence-corrected chi connectivity index (χ1v) is 17.9. The number of ether oxygens (including phenoxy) is 1. The molecule has 4 nitrogen and oxygen atoms in total. The lowest BCUT2D eigenvalue weighted by Crippen LogP contribution is -2.39. The van der Waals surface area contributed by atoms with E-state index in [-0.39, 0.29) is 0 Å². The molecular formula is C43H35BO4P+. The van der Waals surface area contributed by atoms with E-state index in [2.05, 4.69) is 140 Å². The Morgan fingerprint density at radius 2 is 0.918 bits per heavy atom. The molecular weight excluding hydrogens is 622 g/mol. The predicted molar refractivity (Wildman–Crippen MR) is 208 cm³/mol. The van der Waals surface area contributed by atoms with E-state index in [1.807, 2.05) is 36.4 Å². The summed E-state index contributed by atoms with van der Waals surface area (Å²) in [7, 11) is -2.16. The van der Waals surface area contributed by atoms with Crippen molar-refractivity contribution in [3.63, 3.8) is 0 Å². The summed E-state index contributed by atoms with van der Waals surface area (Å²) in [5, 5.41) is 29.8. The number of hydrogen-bond donors (Lipinski definition) is 2. The van der Waals surface area contributed by atoms with Crippen molar-refractivity contribution in [2.24, 2.45) is 0 Å². The zero-order valence-corrected chi connectivity index (χ0v) is 28.0. The van der Waals surface area contributed by atoms with Gasteiger partial charge in [-0.25, -0.2) is 0 Å². The maximum absolute atomic E-state index is 9.14. The summed E-state index contributed by atoms with van der Waals surface area (Å²) in [6, 6.07) is 63.1. The van der Waals surface area contributed by atoms with Gasteiger partial charge in [0.2, 0.25) is 0 Å². The van der Waals surface area contributed by atoms with Gasteiger partial charge in [0.15, 0.2) is 11.1 Å². The lowest BCUT2D eigenvalue weighted by Gasteiger charge is -2.28. The molecule has 0 saturated heterocycles. The van der Waals surface area contributed by atoms with E-state index in [1.54, 1.807) is 13.2 Å². The average Bonchev–Trinajstić information content (AvgIpc) is 3.16. The number of para-hydroxylation sites is 1. The molecule has 0 radical (unpaired) electrons. The third kappa shape index (κ3) is 6.28. The van der Waals surface area contributed by atoms with Crippen molar-refractivity contribution in [3.05, 3.63) is 182 Å². The summed E-state index contributed by atoms with van der Waals surface area (Å²) in [4.78, 5) is 0. The van der Waals surface area contributed by atoms with Gasteiger partial charge in [0.1, 0.15) is 28.9 Å². The highest BCUT2D eigenvalue weighted by Gasteiger charge is 2.49. The SMILES string of the molecule is COc1ccccc1[P+](c1ccccc1)(c1ccccc1)c1ccccc1.OB(O)Oc1cccc2ccc3cc4ccccc4cc3c12. The van der Waals surface area contributed by atoms with Crippen LogP contribution in [0, 0.1) is 0 Å². The van der Waals surface area contributed by atoms with Crippen molar-refractivity contribution in [1.29, 1.82) is 0 Å². The number of methoxy groups -OCH3 is 1. The molecule has 0 atom stereocenters. The number of rotatable bonds is 7. The Morgan fingerprint density at radius 3 is 1.49 bits per heavy atom. The highest BCUT2D eigenvalue weighted by atomic mass is 31.2. The molecule has 6 heteroatoms. The first-order valence-electron chi connectivity index (χ1n) is 16.2. The van der Waals surface area contributed by atoms with Crippen LogP contribution in [0.2, 0.25) is 0 Å². The van der Waals surface area contributed by atoms with E-state index in [4.69, 9.17) is 19.4 Å². The van der Waals surface area contributed by atoms with Gasteiger partial charge in [-0.1, -0.05) is 115 Å². The lowest BCUT2D eigenvalue weighted by molar-refractivity contribution is 0.289. The number of fused-ring (bicyclic) bond motifs is 4. The molecule has 49 heavy (non-hydrogen) atoms. The van der Waals surface area contributed by atoms with E-state index < -0.39 is 14.6 Å². The molecule has 8 aromatic carbocycles. The quantitative estimate of drug-likeness (QED) is 0.0795. The van der Waals surface area contributed by atoms with Gasteiger partial charge in [-0.3, -0.25) is 0 Å². The fourth-order valence-corrected chi connectivity index (χ4v) is 11.1. The van der Waals surface area contributed by atoms with Crippen LogP contribution >= 0.6 is 7.26 Å². The van der Waals surface area contributed by atoms with E-state index in [9.17, 15) is 0 Å². The van der Waals surface area contributed by atoms with E-state index in [1.165, 1.54) is 26.6 Å². The molecule has 0 unspecified atom stereocenters. The van der Waals surface area contributed by atoms with Gasteiger partial charge in [0.25, 0.3) is 0 Å². The predicted octanol–water partition coefficient (Wildman–Crippen LogP) is 7.81.